The Bertz CT molecular complexity index is 222. The molecule has 0 saturated heterocycles. The molecule has 0 spiro atoms. The molecule has 1 amide bonds. The lowest BCUT2D eigenvalue weighted by Crippen LogP contribution is -2.26. The third-order valence-corrected chi connectivity index (χ3v) is 1.17. The van der Waals surface area contributed by atoms with Crippen LogP contribution in [-0.4, -0.2) is 32.7 Å². The minimum atomic E-state index is -0.591. The summed E-state index contributed by atoms with van der Waals surface area (Å²) in [6, 6.07) is 0. The second kappa shape index (κ2) is 6.19. The van der Waals surface area contributed by atoms with E-state index in [9.17, 15) is 9.59 Å². The van der Waals surface area contributed by atoms with Gasteiger partial charge in [0.1, 0.15) is 5.70 Å². The van der Waals surface area contributed by atoms with E-state index in [1.165, 1.54) is 27.2 Å². The summed E-state index contributed by atoms with van der Waals surface area (Å²) >= 11 is 0. The van der Waals surface area contributed by atoms with Crippen LogP contribution >= 0.6 is 0 Å². The lowest BCUT2D eigenvalue weighted by molar-refractivity contribution is -0.137. The van der Waals surface area contributed by atoms with Crippen LogP contribution in [0.4, 0.5) is 0 Å². The average molecular weight is 187 g/mol. The molecule has 74 valence electrons. The third kappa shape index (κ3) is 4.97. The van der Waals surface area contributed by atoms with Gasteiger partial charge >= 0.3 is 5.97 Å². The highest BCUT2D eigenvalue weighted by Gasteiger charge is 2.09. The average Bonchev–Trinajstić information content (AvgIpc) is 2.10. The molecule has 0 unspecified atom stereocenters. The predicted molar refractivity (Wildman–Crippen MR) is 45.8 cm³/mol. The number of esters is 1. The largest absolute Gasteiger partial charge is 0.464 e. The molecular formula is C8H13NO4. The molecule has 0 aliphatic carbocycles. The molecule has 0 bridgehead atoms. The van der Waals surface area contributed by atoms with E-state index in [2.05, 4.69) is 10.1 Å². The first-order valence-electron chi connectivity index (χ1n) is 3.66. The fraction of sp³-hybridized carbons (Fsp3) is 0.500. The van der Waals surface area contributed by atoms with Crippen LogP contribution in [0.1, 0.15) is 6.92 Å². The Morgan fingerprint density at radius 3 is 2.38 bits per heavy atom. The molecule has 0 aromatic heterocycles. The van der Waals surface area contributed by atoms with Gasteiger partial charge in [-0.3, -0.25) is 4.79 Å². The van der Waals surface area contributed by atoms with Gasteiger partial charge in [-0.2, -0.15) is 0 Å². The van der Waals surface area contributed by atoms with Crippen molar-refractivity contribution < 1.29 is 19.1 Å². The molecule has 1 N–H and O–H groups in total. The maximum absolute atomic E-state index is 11.0. The van der Waals surface area contributed by atoms with Crippen molar-refractivity contribution in [3.63, 3.8) is 0 Å². The van der Waals surface area contributed by atoms with Crippen molar-refractivity contribution in [2.24, 2.45) is 0 Å². The quantitative estimate of drug-likeness (QED) is 0.490. The van der Waals surface area contributed by atoms with Gasteiger partial charge < -0.3 is 14.8 Å². The Morgan fingerprint density at radius 2 is 2.00 bits per heavy atom. The van der Waals surface area contributed by atoms with Crippen molar-refractivity contribution in [1.29, 1.82) is 0 Å². The molecule has 0 rings (SSSR count). The number of carbonyl (C=O) groups is 2. The first-order valence-corrected chi connectivity index (χ1v) is 3.66. The molecule has 5 nitrogen and oxygen atoms in total. The molecule has 0 aliphatic heterocycles. The fourth-order valence-corrected chi connectivity index (χ4v) is 0.652. The van der Waals surface area contributed by atoms with E-state index >= 15 is 0 Å². The Kier molecular flexibility index (Phi) is 5.54. The van der Waals surface area contributed by atoms with Crippen molar-refractivity contribution in [3.05, 3.63) is 11.8 Å². The molecule has 0 aromatic rings. The number of hydrogen-bond donors (Lipinski definition) is 1. The molecule has 0 fully saturated rings. The van der Waals surface area contributed by atoms with Gasteiger partial charge in [0.15, 0.2) is 0 Å². The maximum Gasteiger partial charge on any atom is 0.354 e. The van der Waals surface area contributed by atoms with Crippen LogP contribution in [0.15, 0.2) is 11.8 Å². The van der Waals surface area contributed by atoms with Crippen molar-refractivity contribution in [2.45, 2.75) is 6.92 Å². The van der Waals surface area contributed by atoms with Crippen LogP contribution in [0.25, 0.3) is 0 Å². The van der Waals surface area contributed by atoms with E-state index in [0.29, 0.717) is 0 Å². The normalized spacial score (nSPS) is 10.8. The van der Waals surface area contributed by atoms with Crippen LogP contribution in [0.2, 0.25) is 0 Å². The summed E-state index contributed by atoms with van der Waals surface area (Å²) in [4.78, 5) is 21.6. The van der Waals surface area contributed by atoms with Crippen LogP contribution in [0.3, 0.4) is 0 Å². The second-order valence-corrected chi connectivity index (χ2v) is 2.25. The summed E-state index contributed by atoms with van der Waals surface area (Å²) in [5, 5.41) is 2.33. The van der Waals surface area contributed by atoms with Gasteiger partial charge in [0.05, 0.1) is 13.7 Å². The summed E-state index contributed by atoms with van der Waals surface area (Å²) in [5.74, 6) is -0.917. The van der Waals surface area contributed by atoms with Crippen LogP contribution in [-0.2, 0) is 19.1 Å². The number of amides is 1. The second-order valence-electron chi connectivity index (χ2n) is 2.25. The number of carbonyl (C=O) groups excluding carboxylic acids is 2. The first-order chi connectivity index (χ1) is 6.11. The highest BCUT2D eigenvalue weighted by molar-refractivity contribution is 5.93. The third-order valence-electron chi connectivity index (χ3n) is 1.17. The van der Waals surface area contributed by atoms with Gasteiger partial charge in [-0.15, -0.1) is 0 Å². The standard InChI is InChI=1S/C8H13NO4/c1-6(10)9-7(4-5-12-2)8(11)13-3/h4H,5H2,1-3H3,(H,9,10)/b7-4-. The van der Waals surface area contributed by atoms with E-state index in [1.807, 2.05) is 0 Å². The SMILES string of the molecule is COC/C=C(\NC(C)=O)C(=O)OC. The van der Waals surface area contributed by atoms with Crippen molar-refractivity contribution >= 4 is 11.9 Å². The monoisotopic (exact) mass is 187 g/mol. The zero-order valence-corrected chi connectivity index (χ0v) is 7.92. The van der Waals surface area contributed by atoms with Gasteiger partial charge in [-0.1, -0.05) is 0 Å². The van der Waals surface area contributed by atoms with E-state index < -0.39 is 5.97 Å². The summed E-state index contributed by atoms with van der Waals surface area (Å²) in [7, 11) is 2.73. The predicted octanol–water partition coefficient (Wildman–Crippen LogP) is -0.174. The van der Waals surface area contributed by atoms with Crippen molar-refractivity contribution in [1.82, 2.24) is 5.32 Å². The smallest absolute Gasteiger partial charge is 0.354 e. The minimum Gasteiger partial charge on any atom is -0.464 e. The van der Waals surface area contributed by atoms with E-state index in [1.54, 1.807) is 0 Å². The summed E-state index contributed by atoms with van der Waals surface area (Å²) in [6.45, 7) is 1.55. The molecule has 0 saturated carbocycles. The lowest BCUT2D eigenvalue weighted by Gasteiger charge is -2.04. The van der Waals surface area contributed by atoms with Gasteiger partial charge in [0.25, 0.3) is 0 Å². The van der Waals surface area contributed by atoms with Gasteiger partial charge in [0.2, 0.25) is 5.91 Å². The van der Waals surface area contributed by atoms with Gasteiger partial charge in [-0.05, 0) is 6.08 Å². The Labute approximate surface area is 76.7 Å². The Morgan fingerprint density at radius 1 is 1.38 bits per heavy atom. The lowest BCUT2D eigenvalue weighted by atomic mass is 10.4. The minimum absolute atomic E-state index is 0.0943. The van der Waals surface area contributed by atoms with E-state index in [0.717, 1.165) is 0 Å². The van der Waals surface area contributed by atoms with Crippen molar-refractivity contribution in [2.75, 3.05) is 20.8 Å². The number of methoxy groups -OCH3 is 2. The van der Waals surface area contributed by atoms with Gasteiger partial charge in [0, 0.05) is 14.0 Å². The summed E-state index contributed by atoms with van der Waals surface area (Å²) in [5.41, 5.74) is 0.0943. The molecule has 0 atom stereocenters. The summed E-state index contributed by atoms with van der Waals surface area (Å²) < 4.78 is 9.15. The van der Waals surface area contributed by atoms with Crippen LogP contribution in [0.5, 0.6) is 0 Å². The molecule has 13 heavy (non-hydrogen) atoms. The highest BCUT2D eigenvalue weighted by Crippen LogP contribution is 1.92. The Hall–Kier alpha value is -1.36. The number of rotatable bonds is 4. The topological polar surface area (TPSA) is 64.6 Å². The van der Waals surface area contributed by atoms with Crippen LogP contribution < -0.4 is 5.32 Å². The Balaban J connectivity index is 4.35. The first kappa shape index (κ1) is 11.6. The number of ether oxygens (including phenoxy) is 2. The fourth-order valence-electron chi connectivity index (χ4n) is 0.652. The molecule has 5 heteroatoms. The molecule has 0 aliphatic rings. The van der Waals surface area contributed by atoms with Crippen LogP contribution in [0, 0.1) is 0 Å². The zero-order chi connectivity index (χ0) is 10.3. The number of hydrogen-bond acceptors (Lipinski definition) is 4. The highest BCUT2D eigenvalue weighted by atomic mass is 16.5. The molecule has 0 radical (unpaired) electrons. The molecule has 0 heterocycles. The van der Waals surface area contributed by atoms with Crippen molar-refractivity contribution in [3.8, 4) is 0 Å². The zero-order valence-electron chi connectivity index (χ0n) is 7.92. The summed E-state index contributed by atoms with van der Waals surface area (Å²) in [6.07, 6.45) is 1.44. The maximum atomic E-state index is 11.0. The molecular weight excluding hydrogens is 174 g/mol. The van der Waals surface area contributed by atoms with E-state index in [-0.39, 0.29) is 18.2 Å². The molecule has 0 aromatic carbocycles. The van der Waals surface area contributed by atoms with Gasteiger partial charge in [-0.25, -0.2) is 4.79 Å². The number of nitrogens with one attached hydrogen (secondary N) is 1. The van der Waals surface area contributed by atoms with E-state index in [4.69, 9.17) is 4.74 Å².